The van der Waals surface area contributed by atoms with Gasteiger partial charge in [0.2, 0.25) is 0 Å². The Hall–Kier alpha value is -0.960. The smallest absolute Gasteiger partial charge is 0.321 e. The van der Waals surface area contributed by atoms with Gasteiger partial charge in [-0.1, -0.05) is 37.3 Å². The first-order chi connectivity index (χ1) is 6.25. The van der Waals surface area contributed by atoms with Crippen molar-refractivity contribution >= 4 is 17.7 Å². The molecule has 3 heteroatoms. The van der Waals surface area contributed by atoms with Gasteiger partial charge in [-0.15, -0.1) is 11.8 Å². The van der Waals surface area contributed by atoms with E-state index in [1.54, 1.807) is 0 Å². The summed E-state index contributed by atoms with van der Waals surface area (Å²) in [5, 5.41) is 8.51. The van der Waals surface area contributed by atoms with Crippen molar-refractivity contribution in [1.82, 2.24) is 0 Å². The summed E-state index contributed by atoms with van der Waals surface area (Å²) in [5.41, 5.74) is 0.863. The van der Waals surface area contributed by atoms with E-state index in [2.05, 4.69) is 0 Å². The van der Waals surface area contributed by atoms with E-state index < -0.39 is 11.2 Å². The molecule has 1 atom stereocenters. The number of carboxylic acids is 1. The molecule has 13 heavy (non-hydrogen) atoms. The molecule has 1 unspecified atom stereocenters. The fourth-order valence-electron chi connectivity index (χ4n) is 1.10. The van der Waals surface area contributed by atoms with Gasteiger partial charge in [-0.2, -0.15) is 0 Å². The van der Waals surface area contributed by atoms with E-state index in [0.717, 1.165) is 11.3 Å². The van der Waals surface area contributed by atoms with Crippen molar-refractivity contribution < 1.29 is 9.90 Å². The van der Waals surface area contributed by atoms with Crippen molar-refractivity contribution in [2.75, 3.05) is 5.75 Å². The lowest BCUT2D eigenvalue weighted by Gasteiger charge is -2.10. The van der Waals surface area contributed by atoms with Crippen LogP contribution in [0.15, 0.2) is 30.3 Å². The summed E-state index contributed by atoms with van der Waals surface area (Å²) < 4.78 is 0. The van der Waals surface area contributed by atoms with Gasteiger partial charge in [0, 0.05) is 0 Å². The third-order valence-corrected chi connectivity index (χ3v) is 2.80. The second-order valence-electron chi connectivity index (χ2n) is 2.58. The van der Waals surface area contributed by atoms with E-state index in [-0.39, 0.29) is 0 Å². The first-order valence-corrected chi connectivity index (χ1v) is 5.20. The van der Waals surface area contributed by atoms with Crippen molar-refractivity contribution in [3.8, 4) is 0 Å². The Labute approximate surface area is 82.0 Å². The summed E-state index contributed by atoms with van der Waals surface area (Å²) >= 11 is 1.44. The molecule has 0 spiro atoms. The monoisotopic (exact) mass is 196 g/mol. The quantitative estimate of drug-likeness (QED) is 0.804. The molecule has 0 aliphatic carbocycles. The van der Waals surface area contributed by atoms with Crippen LogP contribution in [0.3, 0.4) is 0 Å². The van der Waals surface area contributed by atoms with E-state index >= 15 is 0 Å². The molecule has 1 aromatic rings. The molecule has 0 fully saturated rings. The Balaban J connectivity index is 2.82. The van der Waals surface area contributed by atoms with Crippen LogP contribution in [0.5, 0.6) is 0 Å². The Bertz CT molecular complexity index is 272. The van der Waals surface area contributed by atoms with Crippen LogP contribution in [0.25, 0.3) is 0 Å². The van der Waals surface area contributed by atoms with Crippen LogP contribution in [-0.2, 0) is 4.79 Å². The first kappa shape index (κ1) is 10.1. The van der Waals surface area contributed by atoms with Crippen molar-refractivity contribution in [2.24, 2.45) is 0 Å². The minimum absolute atomic E-state index is 0.425. The molecule has 0 amide bonds. The largest absolute Gasteiger partial charge is 0.480 e. The Kier molecular flexibility index (Phi) is 3.83. The van der Waals surface area contributed by atoms with Gasteiger partial charge in [0.25, 0.3) is 0 Å². The Morgan fingerprint density at radius 3 is 2.54 bits per heavy atom. The summed E-state index contributed by atoms with van der Waals surface area (Å²) in [6, 6.07) is 9.31. The second-order valence-corrected chi connectivity index (χ2v) is 3.97. The third-order valence-electron chi connectivity index (χ3n) is 1.66. The van der Waals surface area contributed by atoms with Gasteiger partial charge in [0.1, 0.15) is 5.25 Å². The van der Waals surface area contributed by atoms with Gasteiger partial charge >= 0.3 is 5.97 Å². The first-order valence-electron chi connectivity index (χ1n) is 4.15. The predicted molar refractivity (Wildman–Crippen MR) is 55.0 cm³/mol. The number of thioether (sulfide) groups is 1. The number of carboxylic acid groups (broad SMARTS) is 1. The summed E-state index contributed by atoms with van der Waals surface area (Å²) in [7, 11) is 0. The number of carbonyl (C=O) groups is 1. The number of aliphatic carboxylic acids is 1. The van der Waals surface area contributed by atoms with Crippen LogP contribution in [-0.4, -0.2) is 16.8 Å². The summed E-state index contributed by atoms with van der Waals surface area (Å²) in [4.78, 5) is 10.9. The molecule has 1 N–H and O–H groups in total. The molecule has 0 radical (unpaired) electrons. The van der Waals surface area contributed by atoms with E-state index in [4.69, 9.17) is 5.11 Å². The fraction of sp³-hybridized carbons (Fsp3) is 0.300. The molecule has 70 valence electrons. The highest BCUT2D eigenvalue weighted by Crippen LogP contribution is 2.28. The minimum Gasteiger partial charge on any atom is -0.480 e. The maximum atomic E-state index is 10.9. The molecular formula is C10H12O2S. The van der Waals surface area contributed by atoms with Crippen molar-refractivity contribution in [3.05, 3.63) is 35.9 Å². The molecule has 0 aliphatic heterocycles. The highest BCUT2D eigenvalue weighted by molar-refractivity contribution is 8.00. The second kappa shape index (κ2) is 4.92. The Morgan fingerprint density at radius 2 is 2.08 bits per heavy atom. The molecule has 2 nitrogen and oxygen atoms in total. The average Bonchev–Trinajstić information content (AvgIpc) is 2.15. The molecule has 0 bridgehead atoms. The Morgan fingerprint density at radius 1 is 1.46 bits per heavy atom. The minimum atomic E-state index is -0.766. The van der Waals surface area contributed by atoms with Gasteiger partial charge in [-0.25, -0.2) is 0 Å². The van der Waals surface area contributed by atoms with Gasteiger partial charge in [0.15, 0.2) is 0 Å². The molecular weight excluding hydrogens is 184 g/mol. The van der Waals surface area contributed by atoms with Crippen LogP contribution >= 0.6 is 11.8 Å². The maximum absolute atomic E-state index is 10.9. The van der Waals surface area contributed by atoms with Crippen LogP contribution in [0, 0.1) is 0 Å². The van der Waals surface area contributed by atoms with Gasteiger partial charge in [-0.3, -0.25) is 4.79 Å². The highest BCUT2D eigenvalue weighted by atomic mass is 32.2. The SMILES string of the molecule is CCSC(C(=O)O)c1ccccc1. The normalized spacial score (nSPS) is 12.4. The predicted octanol–water partition coefficient (Wildman–Crippen LogP) is 2.57. The zero-order valence-electron chi connectivity index (χ0n) is 7.43. The van der Waals surface area contributed by atoms with Gasteiger partial charge in [-0.05, 0) is 11.3 Å². The molecule has 0 saturated heterocycles. The van der Waals surface area contributed by atoms with Crippen LogP contribution < -0.4 is 0 Å². The molecule has 0 heterocycles. The zero-order chi connectivity index (χ0) is 9.68. The van der Waals surface area contributed by atoms with E-state index in [0.29, 0.717) is 0 Å². The number of rotatable bonds is 4. The third kappa shape index (κ3) is 2.77. The molecule has 0 saturated carbocycles. The van der Waals surface area contributed by atoms with E-state index in [9.17, 15) is 4.79 Å². The number of hydrogen-bond donors (Lipinski definition) is 1. The van der Waals surface area contributed by atoms with E-state index in [1.807, 2.05) is 37.3 Å². The highest BCUT2D eigenvalue weighted by Gasteiger charge is 2.18. The fourth-order valence-corrected chi connectivity index (χ4v) is 1.93. The van der Waals surface area contributed by atoms with Crippen molar-refractivity contribution in [1.29, 1.82) is 0 Å². The lowest BCUT2D eigenvalue weighted by atomic mass is 10.1. The summed E-state index contributed by atoms with van der Waals surface area (Å²) in [6.07, 6.45) is 0. The van der Waals surface area contributed by atoms with Crippen LogP contribution in [0.4, 0.5) is 0 Å². The topological polar surface area (TPSA) is 37.3 Å². The zero-order valence-corrected chi connectivity index (χ0v) is 8.25. The number of hydrogen-bond acceptors (Lipinski definition) is 2. The standard InChI is InChI=1S/C10H12O2S/c1-2-13-9(10(11)12)8-6-4-3-5-7-8/h3-7,9H,2H2,1H3,(H,11,12). The average molecular weight is 196 g/mol. The van der Waals surface area contributed by atoms with Crippen LogP contribution in [0.1, 0.15) is 17.7 Å². The summed E-state index contributed by atoms with van der Waals surface area (Å²) in [6.45, 7) is 1.96. The van der Waals surface area contributed by atoms with Gasteiger partial charge < -0.3 is 5.11 Å². The van der Waals surface area contributed by atoms with Crippen molar-refractivity contribution in [2.45, 2.75) is 12.2 Å². The lowest BCUT2D eigenvalue weighted by Crippen LogP contribution is -2.07. The molecule has 0 aliphatic rings. The van der Waals surface area contributed by atoms with Gasteiger partial charge in [0.05, 0.1) is 0 Å². The molecule has 1 aromatic carbocycles. The van der Waals surface area contributed by atoms with Crippen LogP contribution in [0.2, 0.25) is 0 Å². The maximum Gasteiger partial charge on any atom is 0.321 e. The van der Waals surface area contributed by atoms with Crippen molar-refractivity contribution in [3.63, 3.8) is 0 Å². The molecule has 0 aromatic heterocycles. The summed E-state index contributed by atoms with van der Waals surface area (Å²) in [5.74, 6) is 0.0457. The number of benzene rings is 1. The molecule has 1 rings (SSSR count). The van der Waals surface area contributed by atoms with E-state index in [1.165, 1.54) is 11.8 Å². The lowest BCUT2D eigenvalue weighted by molar-refractivity contribution is -0.136.